The highest BCUT2D eigenvalue weighted by Gasteiger charge is 2.48. The summed E-state index contributed by atoms with van der Waals surface area (Å²) in [5.41, 5.74) is 0.932. The van der Waals surface area contributed by atoms with Gasteiger partial charge in [-0.3, -0.25) is 4.90 Å². The van der Waals surface area contributed by atoms with E-state index in [4.69, 9.17) is 4.74 Å². The number of nitrogens with zero attached hydrogens (tertiary/aromatic N) is 1. The molecule has 2 aromatic rings. The molecule has 1 saturated heterocycles. The lowest BCUT2D eigenvalue weighted by Gasteiger charge is -2.36. The van der Waals surface area contributed by atoms with E-state index in [9.17, 15) is 9.50 Å². The quantitative estimate of drug-likeness (QED) is 0.604. The van der Waals surface area contributed by atoms with Crippen molar-refractivity contribution in [2.24, 2.45) is 5.92 Å². The van der Waals surface area contributed by atoms with Gasteiger partial charge in [0.2, 0.25) is 0 Å². The molecule has 1 heterocycles. The number of methoxy groups -OCH3 is 1. The molecule has 0 saturated carbocycles. The molecule has 1 aliphatic rings. The molecule has 1 fully saturated rings. The standard InChI is InChI=1S/C22H26BrFN2O2/c1-3-10-26-13-17(14-27)22(15-26,20-11-18(23)6-9-21(20)24)25-12-16-4-7-19(28-2)8-5-16/h3-9,11,17,25,27H,1,10,12-15H2,2H3. The fraction of sp³-hybridized carbons (Fsp3) is 0.364. The van der Waals surface area contributed by atoms with Crippen molar-refractivity contribution in [2.75, 3.05) is 33.4 Å². The summed E-state index contributed by atoms with van der Waals surface area (Å²) in [7, 11) is 1.64. The van der Waals surface area contributed by atoms with Crippen LogP contribution >= 0.6 is 15.9 Å². The Bertz CT molecular complexity index is 815. The number of hydrogen-bond acceptors (Lipinski definition) is 4. The van der Waals surface area contributed by atoms with Crippen molar-refractivity contribution >= 4 is 15.9 Å². The number of halogens is 2. The number of rotatable bonds is 8. The zero-order valence-electron chi connectivity index (χ0n) is 16.0. The van der Waals surface area contributed by atoms with Crippen LogP contribution < -0.4 is 10.1 Å². The van der Waals surface area contributed by atoms with Gasteiger partial charge in [0.05, 0.1) is 12.6 Å². The molecule has 3 rings (SSSR count). The molecule has 4 nitrogen and oxygen atoms in total. The van der Waals surface area contributed by atoms with Crippen LogP contribution in [0.15, 0.2) is 59.6 Å². The highest BCUT2D eigenvalue weighted by atomic mass is 79.9. The van der Waals surface area contributed by atoms with E-state index in [1.54, 1.807) is 13.2 Å². The van der Waals surface area contributed by atoms with Gasteiger partial charge in [-0.2, -0.15) is 0 Å². The maximum atomic E-state index is 14.9. The number of nitrogens with one attached hydrogen (secondary N) is 1. The van der Waals surface area contributed by atoms with E-state index < -0.39 is 5.54 Å². The van der Waals surface area contributed by atoms with E-state index in [2.05, 4.69) is 32.7 Å². The number of ether oxygens (including phenoxy) is 1. The minimum atomic E-state index is -0.703. The van der Waals surface area contributed by atoms with Crippen molar-refractivity contribution in [3.8, 4) is 5.75 Å². The maximum absolute atomic E-state index is 14.9. The Morgan fingerprint density at radius 2 is 2.11 bits per heavy atom. The largest absolute Gasteiger partial charge is 0.497 e. The average molecular weight is 449 g/mol. The number of aliphatic hydroxyl groups is 1. The second-order valence-corrected chi connectivity index (χ2v) is 8.08. The smallest absolute Gasteiger partial charge is 0.128 e. The zero-order chi connectivity index (χ0) is 20.1. The fourth-order valence-electron chi connectivity index (χ4n) is 3.99. The second kappa shape index (κ2) is 9.18. The molecule has 1 aliphatic heterocycles. The van der Waals surface area contributed by atoms with Crippen LogP contribution in [0, 0.1) is 11.7 Å². The molecule has 0 amide bonds. The number of benzene rings is 2. The third-order valence-electron chi connectivity index (χ3n) is 5.43. The van der Waals surface area contributed by atoms with Gasteiger partial charge in [-0.05, 0) is 35.9 Å². The van der Waals surface area contributed by atoms with Crippen molar-refractivity contribution < 1.29 is 14.2 Å². The Hall–Kier alpha value is -1.73. The van der Waals surface area contributed by atoms with Crippen LogP contribution in [0.5, 0.6) is 5.75 Å². The van der Waals surface area contributed by atoms with Gasteiger partial charge < -0.3 is 15.2 Å². The lowest BCUT2D eigenvalue weighted by Crippen LogP contribution is -2.50. The monoisotopic (exact) mass is 448 g/mol. The maximum Gasteiger partial charge on any atom is 0.128 e. The summed E-state index contributed by atoms with van der Waals surface area (Å²) in [6.07, 6.45) is 1.84. The zero-order valence-corrected chi connectivity index (χ0v) is 17.6. The van der Waals surface area contributed by atoms with E-state index >= 15 is 0 Å². The van der Waals surface area contributed by atoms with Crippen LogP contribution in [-0.2, 0) is 12.1 Å². The SMILES string of the molecule is C=CCN1CC(CO)C(NCc2ccc(OC)cc2)(c2cc(Br)ccc2F)C1. The predicted octanol–water partition coefficient (Wildman–Crippen LogP) is 3.69. The van der Waals surface area contributed by atoms with Crippen LogP contribution in [0.25, 0.3) is 0 Å². The third kappa shape index (κ3) is 4.30. The minimum Gasteiger partial charge on any atom is -0.497 e. The summed E-state index contributed by atoms with van der Waals surface area (Å²) < 4.78 is 20.9. The molecule has 2 unspecified atom stereocenters. The van der Waals surface area contributed by atoms with Gasteiger partial charge in [-0.25, -0.2) is 4.39 Å². The van der Waals surface area contributed by atoms with Crippen LogP contribution in [0.4, 0.5) is 4.39 Å². The molecule has 0 radical (unpaired) electrons. The molecule has 2 aromatic carbocycles. The molecule has 0 aromatic heterocycles. The van der Waals surface area contributed by atoms with E-state index in [-0.39, 0.29) is 18.3 Å². The van der Waals surface area contributed by atoms with Crippen molar-refractivity contribution in [3.63, 3.8) is 0 Å². The first-order valence-corrected chi connectivity index (χ1v) is 10.1. The summed E-state index contributed by atoms with van der Waals surface area (Å²) in [6, 6.07) is 12.8. The Morgan fingerprint density at radius 1 is 1.36 bits per heavy atom. The van der Waals surface area contributed by atoms with E-state index in [0.29, 0.717) is 31.7 Å². The predicted molar refractivity (Wildman–Crippen MR) is 113 cm³/mol. The molecule has 0 aliphatic carbocycles. The van der Waals surface area contributed by atoms with Gasteiger partial charge in [-0.1, -0.05) is 34.1 Å². The highest BCUT2D eigenvalue weighted by Crippen LogP contribution is 2.39. The third-order valence-corrected chi connectivity index (χ3v) is 5.93. The molecule has 0 bridgehead atoms. The Kier molecular flexibility index (Phi) is 6.88. The Balaban J connectivity index is 1.96. The molecule has 6 heteroatoms. The van der Waals surface area contributed by atoms with Crippen molar-refractivity contribution in [2.45, 2.75) is 12.1 Å². The number of aliphatic hydroxyl groups excluding tert-OH is 1. The van der Waals surface area contributed by atoms with E-state index in [0.717, 1.165) is 15.8 Å². The van der Waals surface area contributed by atoms with Crippen molar-refractivity contribution in [3.05, 3.63) is 76.5 Å². The first-order chi connectivity index (χ1) is 13.5. The molecule has 28 heavy (non-hydrogen) atoms. The van der Waals surface area contributed by atoms with Crippen molar-refractivity contribution in [1.82, 2.24) is 10.2 Å². The van der Waals surface area contributed by atoms with Crippen LogP contribution in [-0.4, -0.2) is 43.4 Å². The summed E-state index contributed by atoms with van der Waals surface area (Å²) in [4.78, 5) is 2.19. The topological polar surface area (TPSA) is 44.7 Å². The summed E-state index contributed by atoms with van der Waals surface area (Å²) >= 11 is 3.47. The Morgan fingerprint density at radius 3 is 2.75 bits per heavy atom. The highest BCUT2D eigenvalue weighted by molar-refractivity contribution is 9.10. The molecule has 0 spiro atoms. The van der Waals surface area contributed by atoms with Gasteiger partial charge in [0, 0.05) is 48.7 Å². The van der Waals surface area contributed by atoms with Gasteiger partial charge in [-0.15, -0.1) is 6.58 Å². The van der Waals surface area contributed by atoms with E-state index in [1.807, 2.05) is 36.4 Å². The van der Waals surface area contributed by atoms with Gasteiger partial charge in [0.1, 0.15) is 11.6 Å². The van der Waals surface area contributed by atoms with Gasteiger partial charge >= 0.3 is 0 Å². The van der Waals surface area contributed by atoms with Crippen molar-refractivity contribution in [1.29, 1.82) is 0 Å². The van der Waals surface area contributed by atoms with Gasteiger partial charge in [0.15, 0.2) is 0 Å². The lowest BCUT2D eigenvalue weighted by atomic mass is 9.80. The lowest BCUT2D eigenvalue weighted by molar-refractivity contribution is 0.156. The molecule has 2 N–H and O–H groups in total. The van der Waals surface area contributed by atoms with Crippen LogP contribution in [0.2, 0.25) is 0 Å². The normalized spacial score (nSPS) is 22.4. The minimum absolute atomic E-state index is 0.0325. The first kappa shape index (κ1) is 21.0. The van der Waals surface area contributed by atoms with Gasteiger partial charge in [0.25, 0.3) is 0 Å². The molecule has 2 atom stereocenters. The average Bonchev–Trinajstić information content (AvgIpc) is 3.07. The summed E-state index contributed by atoms with van der Waals surface area (Å²) in [5.74, 6) is 0.376. The summed E-state index contributed by atoms with van der Waals surface area (Å²) in [6.45, 7) is 6.29. The fourth-order valence-corrected chi connectivity index (χ4v) is 4.35. The van der Waals surface area contributed by atoms with Crippen LogP contribution in [0.1, 0.15) is 11.1 Å². The molecule has 150 valence electrons. The second-order valence-electron chi connectivity index (χ2n) is 7.16. The Labute approximate surface area is 174 Å². The number of hydrogen-bond donors (Lipinski definition) is 2. The molecular weight excluding hydrogens is 423 g/mol. The number of likely N-dealkylation sites (tertiary alicyclic amines) is 1. The van der Waals surface area contributed by atoms with Crippen LogP contribution in [0.3, 0.4) is 0 Å². The summed E-state index contributed by atoms with van der Waals surface area (Å²) in [5, 5.41) is 13.7. The first-order valence-electron chi connectivity index (χ1n) is 9.30. The van der Waals surface area contributed by atoms with E-state index in [1.165, 1.54) is 6.07 Å². The molecular formula is C22H26BrFN2O2.